The van der Waals surface area contributed by atoms with E-state index in [2.05, 4.69) is 15.5 Å². The number of H-pyrrole nitrogens is 1. The topological polar surface area (TPSA) is 90.5 Å². The van der Waals surface area contributed by atoms with Crippen molar-refractivity contribution in [3.05, 3.63) is 36.5 Å². The van der Waals surface area contributed by atoms with Crippen LogP contribution in [0.5, 0.6) is 23.0 Å². The van der Waals surface area contributed by atoms with E-state index in [-0.39, 0.29) is 0 Å². The lowest BCUT2D eigenvalue weighted by molar-refractivity contribution is 0.355. The van der Waals surface area contributed by atoms with Crippen molar-refractivity contribution >= 4 is 33.3 Å². The second-order valence-corrected chi connectivity index (χ2v) is 6.03. The number of benzene rings is 2. The Morgan fingerprint density at radius 1 is 0.786 bits per heavy atom. The van der Waals surface area contributed by atoms with Gasteiger partial charge < -0.3 is 24.3 Å². The van der Waals surface area contributed by atoms with E-state index in [1.165, 1.54) is 0 Å². The first-order valence-corrected chi connectivity index (χ1v) is 8.56. The number of anilines is 2. The van der Waals surface area contributed by atoms with Crippen LogP contribution in [0.4, 0.5) is 11.5 Å². The minimum Gasteiger partial charge on any atom is -0.497 e. The Labute approximate surface area is 161 Å². The molecule has 2 aromatic heterocycles. The van der Waals surface area contributed by atoms with E-state index in [4.69, 9.17) is 23.9 Å². The highest BCUT2D eigenvalue weighted by molar-refractivity contribution is 6.10. The molecule has 28 heavy (non-hydrogen) atoms. The standard InChI is InChI=1S/C20H20N4O4/c1-25-12-8-13-14-10-21-24-19(14)20(23-18(13)17(9-12)28-4)22-11-5-6-15(26-2)16(7-11)27-3/h5-10H,1-4H3,(H,21,24)(H,22,23). The third kappa shape index (κ3) is 2.88. The SMILES string of the molecule is COc1cc(OC)c2nc(Nc3ccc(OC)c(OC)c3)c3n[nH]cc3c2c1. The summed E-state index contributed by atoms with van der Waals surface area (Å²) in [5.74, 6) is 3.17. The smallest absolute Gasteiger partial charge is 0.162 e. The van der Waals surface area contributed by atoms with Crippen molar-refractivity contribution < 1.29 is 18.9 Å². The molecule has 0 bridgehead atoms. The summed E-state index contributed by atoms with van der Waals surface area (Å²) in [6.45, 7) is 0. The molecule has 8 heteroatoms. The highest BCUT2D eigenvalue weighted by Crippen LogP contribution is 2.38. The zero-order valence-corrected chi connectivity index (χ0v) is 16.0. The Balaban J connectivity index is 1.88. The van der Waals surface area contributed by atoms with Gasteiger partial charge in [0, 0.05) is 34.8 Å². The van der Waals surface area contributed by atoms with Gasteiger partial charge in [0.15, 0.2) is 17.3 Å². The Kier molecular flexibility index (Phi) is 4.52. The summed E-state index contributed by atoms with van der Waals surface area (Å²) in [7, 11) is 6.42. The van der Waals surface area contributed by atoms with E-state index in [9.17, 15) is 0 Å². The molecule has 0 radical (unpaired) electrons. The lowest BCUT2D eigenvalue weighted by Crippen LogP contribution is -1.99. The average molecular weight is 380 g/mol. The highest BCUT2D eigenvalue weighted by atomic mass is 16.5. The van der Waals surface area contributed by atoms with Gasteiger partial charge in [-0.2, -0.15) is 5.10 Å². The predicted molar refractivity (Wildman–Crippen MR) is 107 cm³/mol. The van der Waals surface area contributed by atoms with Gasteiger partial charge in [-0.3, -0.25) is 5.10 Å². The molecule has 0 fully saturated rings. The zero-order valence-electron chi connectivity index (χ0n) is 16.0. The van der Waals surface area contributed by atoms with Gasteiger partial charge in [0.25, 0.3) is 0 Å². The molecule has 0 atom stereocenters. The number of rotatable bonds is 6. The Morgan fingerprint density at radius 2 is 1.57 bits per heavy atom. The fraction of sp³-hybridized carbons (Fsp3) is 0.200. The number of fused-ring (bicyclic) bond motifs is 3. The first kappa shape index (κ1) is 17.7. The number of aromatic amines is 1. The minimum absolute atomic E-state index is 0.597. The molecule has 0 spiro atoms. The number of pyridine rings is 1. The molecule has 0 amide bonds. The second-order valence-electron chi connectivity index (χ2n) is 6.03. The summed E-state index contributed by atoms with van der Waals surface area (Å²) in [4.78, 5) is 4.77. The molecule has 0 unspecified atom stereocenters. The third-order valence-electron chi connectivity index (χ3n) is 4.53. The van der Waals surface area contributed by atoms with Crippen molar-refractivity contribution in [3.8, 4) is 23.0 Å². The summed E-state index contributed by atoms with van der Waals surface area (Å²) in [6, 6.07) is 9.28. The van der Waals surface area contributed by atoms with Gasteiger partial charge in [0.1, 0.15) is 22.5 Å². The van der Waals surface area contributed by atoms with Crippen LogP contribution >= 0.6 is 0 Å². The number of ether oxygens (including phenoxy) is 4. The van der Waals surface area contributed by atoms with E-state index in [1.807, 2.05) is 30.5 Å². The molecule has 0 saturated carbocycles. The van der Waals surface area contributed by atoms with Crippen molar-refractivity contribution in [3.63, 3.8) is 0 Å². The molecule has 4 rings (SSSR count). The maximum Gasteiger partial charge on any atom is 0.162 e. The van der Waals surface area contributed by atoms with E-state index in [0.717, 1.165) is 16.5 Å². The summed E-state index contributed by atoms with van der Waals surface area (Å²) < 4.78 is 21.6. The molecule has 0 aliphatic heterocycles. The van der Waals surface area contributed by atoms with Crippen LogP contribution in [0.25, 0.3) is 21.8 Å². The number of methoxy groups -OCH3 is 4. The van der Waals surface area contributed by atoms with E-state index in [1.54, 1.807) is 34.5 Å². The van der Waals surface area contributed by atoms with Gasteiger partial charge in [0.05, 0.1) is 28.4 Å². The predicted octanol–water partition coefficient (Wildman–Crippen LogP) is 3.89. The van der Waals surface area contributed by atoms with Gasteiger partial charge in [-0.25, -0.2) is 4.98 Å². The molecule has 8 nitrogen and oxygen atoms in total. The van der Waals surface area contributed by atoms with E-state index < -0.39 is 0 Å². The number of hydrogen-bond donors (Lipinski definition) is 2. The largest absolute Gasteiger partial charge is 0.497 e. The van der Waals surface area contributed by atoms with Crippen LogP contribution in [-0.4, -0.2) is 43.6 Å². The number of hydrogen-bond acceptors (Lipinski definition) is 7. The maximum atomic E-state index is 5.53. The molecule has 4 aromatic rings. The normalized spacial score (nSPS) is 10.9. The lowest BCUT2D eigenvalue weighted by Gasteiger charge is -2.13. The van der Waals surface area contributed by atoms with Gasteiger partial charge in [-0.15, -0.1) is 0 Å². The van der Waals surface area contributed by atoms with Gasteiger partial charge in [-0.1, -0.05) is 0 Å². The fourth-order valence-electron chi connectivity index (χ4n) is 3.16. The maximum absolute atomic E-state index is 5.53. The number of nitrogens with zero attached hydrogens (tertiary/aromatic N) is 2. The first-order valence-electron chi connectivity index (χ1n) is 8.56. The van der Waals surface area contributed by atoms with Crippen LogP contribution in [0.3, 0.4) is 0 Å². The van der Waals surface area contributed by atoms with Gasteiger partial charge >= 0.3 is 0 Å². The monoisotopic (exact) mass is 380 g/mol. The average Bonchev–Trinajstić information content (AvgIpc) is 3.23. The highest BCUT2D eigenvalue weighted by Gasteiger charge is 2.16. The summed E-state index contributed by atoms with van der Waals surface area (Å²) in [5, 5.41) is 12.4. The minimum atomic E-state index is 0.597. The van der Waals surface area contributed by atoms with Crippen LogP contribution in [0.15, 0.2) is 36.5 Å². The van der Waals surface area contributed by atoms with Crippen LogP contribution in [-0.2, 0) is 0 Å². The molecule has 2 heterocycles. The molecule has 144 valence electrons. The Bertz CT molecular complexity index is 1160. The zero-order chi connectivity index (χ0) is 19.7. The molecule has 0 aliphatic carbocycles. The number of aromatic nitrogens is 3. The van der Waals surface area contributed by atoms with Gasteiger partial charge in [0.2, 0.25) is 0 Å². The van der Waals surface area contributed by atoms with Crippen LogP contribution in [0.1, 0.15) is 0 Å². The third-order valence-corrected chi connectivity index (χ3v) is 4.53. The number of nitrogens with one attached hydrogen (secondary N) is 2. The summed E-state index contributed by atoms with van der Waals surface area (Å²) >= 11 is 0. The van der Waals surface area contributed by atoms with Crippen LogP contribution < -0.4 is 24.3 Å². The first-order chi connectivity index (χ1) is 13.7. The quantitative estimate of drug-likeness (QED) is 0.524. The van der Waals surface area contributed by atoms with Crippen molar-refractivity contribution in [2.24, 2.45) is 0 Å². The molecule has 2 aromatic carbocycles. The molecule has 0 saturated heterocycles. The molecule has 2 N–H and O–H groups in total. The summed E-state index contributed by atoms with van der Waals surface area (Å²) in [6.07, 6.45) is 1.83. The van der Waals surface area contributed by atoms with Crippen LogP contribution in [0, 0.1) is 0 Å². The van der Waals surface area contributed by atoms with Gasteiger partial charge in [-0.05, 0) is 18.2 Å². The van der Waals surface area contributed by atoms with Crippen molar-refractivity contribution in [2.75, 3.05) is 33.8 Å². The molecular formula is C20H20N4O4. The van der Waals surface area contributed by atoms with Crippen molar-refractivity contribution in [1.82, 2.24) is 15.2 Å². The molecular weight excluding hydrogens is 360 g/mol. The van der Waals surface area contributed by atoms with Crippen molar-refractivity contribution in [1.29, 1.82) is 0 Å². The Hall–Kier alpha value is -3.68. The van der Waals surface area contributed by atoms with E-state index in [0.29, 0.717) is 39.8 Å². The molecule has 0 aliphatic rings. The fourth-order valence-corrected chi connectivity index (χ4v) is 3.16. The Morgan fingerprint density at radius 3 is 2.29 bits per heavy atom. The summed E-state index contributed by atoms with van der Waals surface area (Å²) in [5.41, 5.74) is 2.21. The van der Waals surface area contributed by atoms with E-state index >= 15 is 0 Å². The second kappa shape index (κ2) is 7.15. The lowest BCUT2D eigenvalue weighted by atomic mass is 10.1. The van der Waals surface area contributed by atoms with Crippen LogP contribution in [0.2, 0.25) is 0 Å². The van der Waals surface area contributed by atoms with Crippen molar-refractivity contribution in [2.45, 2.75) is 0 Å².